The Bertz CT molecular complexity index is 1050. The van der Waals surface area contributed by atoms with E-state index < -0.39 is 5.97 Å². The van der Waals surface area contributed by atoms with Crippen LogP contribution >= 0.6 is 38.9 Å². The van der Waals surface area contributed by atoms with Gasteiger partial charge < -0.3 is 9.15 Å². The van der Waals surface area contributed by atoms with Crippen LogP contribution in [0.3, 0.4) is 0 Å². The van der Waals surface area contributed by atoms with Gasteiger partial charge in [-0.2, -0.15) is 0 Å². The molecule has 2 aromatic heterocycles. The normalized spacial score (nSPS) is 16.0. The third kappa shape index (κ3) is 2.70. The first-order valence-corrected chi connectivity index (χ1v) is 8.97. The van der Waals surface area contributed by atoms with Crippen molar-refractivity contribution >= 4 is 66.9 Å². The van der Waals surface area contributed by atoms with E-state index in [2.05, 4.69) is 20.9 Å². The highest BCUT2D eigenvalue weighted by Gasteiger charge is 2.28. The SMILES string of the molecule is Cc1ccc2c(Cl)c(C3=N/C(=C/c4ccc(Br)o4)C(=O)O3)sc2c1. The Morgan fingerprint density at radius 2 is 2.12 bits per heavy atom. The number of hydrogen-bond acceptors (Lipinski definition) is 5. The topological polar surface area (TPSA) is 51.8 Å². The van der Waals surface area contributed by atoms with Crippen LogP contribution in [0.1, 0.15) is 16.2 Å². The van der Waals surface area contributed by atoms with Crippen molar-refractivity contribution in [2.24, 2.45) is 4.99 Å². The standard InChI is InChI=1S/C17H9BrClNO3S/c1-8-2-4-10-12(6-8)24-15(14(10)19)16-20-11(17(21)23-16)7-9-3-5-13(18)22-9/h2-7H,1H3/b11-7+. The Morgan fingerprint density at radius 1 is 1.29 bits per heavy atom. The van der Waals surface area contributed by atoms with E-state index in [1.54, 1.807) is 12.1 Å². The number of ether oxygens (including phenoxy) is 1. The molecule has 0 aliphatic carbocycles. The van der Waals surface area contributed by atoms with Gasteiger partial charge in [-0.1, -0.05) is 23.7 Å². The summed E-state index contributed by atoms with van der Waals surface area (Å²) in [6.45, 7) is 2.02. The molecule has 3 aromatic rings. The van der Waals surface area contributed by atoms with Crippen LogP contribution in [0, 0.1) is 6.92 Å². The van der Waals surface area contributed by atoms with Gasteiger partial charge in [0.25, 0.3) is 0 Å². The van der Waals surface area contributed by atoms with Crippen LogP contribution in [0.2, 0.25) is 5.02 Å². The summed E-state index contributed by atoms with van der Waals surface area (Å²) in [6, 6.07) is 9.47. The average Bonchev–Trinajstić information content (AvgIpc) is 3.19. The van der Waals surface area contributed by atoms with E-state index in [0.29, 0.717) is 20.3 Å². The number of carbonyl (C=O) groups is 1. The number of aliphatic imine (C=N–C) groups is 1. The molecule has 24 heavy (non-hydrogen) atoms. The summed E-state index contributed by atoms with van der Waals surface area (Å²) in [6.07, 6.45) is 1.53. The molecule has 0 N–H and O–H groups in total. The number of fused-ring (bicyclic) bond motifs is 1. The molecule has 0 bridgehead atoms. The molecule has 4 nitrogen and oxygen atoms in total. The zero-order valence-electron chi connectivity index (χ0n) is 12.3. The predicted octanol–water partition coefficient (Wildman–Crippen LogP) is 5.56. The van der Waals surface area contributed by atoms with E-state index in [4.69, 9.17) is 20.8 Å². The molecular formula is C17H9BrClNO3S. The molecule has 0 radical (unpaired) electrons. The molecule has 0 spiro atoms. The van der Waals surface area contributed by atoms with Gasteiger partial charge in [0, 0.05) is 16.2 Å². The average molecular weight is 423 g/mol. The number of cyclic esters (lactones) is 1. The zero-order chi connectivity index (χ0) is 16.8. The van der Waals surface area contributed by atoms with E-state index in [9.17, 15) is 4.79 Å². The minimum Gasteiger partial charge on any atom is -0.450 e. The van der Waals surface area contributed by atoms with Crippen molar-refractivity contribution in [3.8, 4) is 0 Å². The number of halogens is 2. The van der Waals surface area contributed by atoms with Crippen LogP contribution in [-0.4, -0.2) is 11.9 Å². The van der Waals surface area contributed by atoms with Gasteiger partial charge in [0.2, 0.25) is 5.90 Å². The van der Waals surface area contributed by atoms with Gasteiger partial charge in [-0.15, -0.1) is 11.3 Å². The van der Waals surface area contributed by atoms with E-state index in [1.807, 2.05) is 25.1 Å². The summed E-state index contributed by atoms with van der Waals surface area (Å²) in [4.78, 5) is 17.0. The molecule has 0 amide bonds. The Morgan fingerprint density at radius 3 is 2.88 bits per heavy atom. The monoisotopic (exact) mass is 421 g/mol. The van der Waals surface area contributed by atoms with Gasteiger partial charge in [0.1, 0.15) is 10.6 Å². The molecule has 7 heteroatoms. The number of rotatable bonds is 2. The first-order chi connectivity index (χ1) is 11.5. The van der Waals surface area contributed by atoms with Crippen molar-refractivity contribution in [1.82, 2.24) is 0 Å². The Labute approximate surface area is 154 Å². The van der Waals surface area contributed by atoms with Crippen LogP contribution < -0.4 is 0 Å². The maximum absolute atomic E-state index is 12.1. The molecule has 1 aliphatic rings. The summed E-state index contributed by atoms with van der Waals surface area (Å²) in [5, 5.41) is 1.47. The second-order valence-electron chi connectivity index (χ2n) is 5.22. The van der Waals surface area contributed by atoms with Crippen LogP contribution in [0.25, 0.3) is 16.2 Å². The van der Waals surface area contributed by atoms with Gasteiger partial charge in [-0.05, 0) is 46.6 Å². The van der Waals surface area contributed by atoms with E-state index in [0.717, 1.165) is 15.6 Å². The molecule has 0 saturated carbocycles. The maximum atomic E-state index is 12.1. The number of esters is 1. The number of aryl methyl sites for hydroxylation is 1. The minimum atomic E-state index is -0.526. The lowest BCUT2D eigenvalue weighted by atomic mass is 10.2. The summed E-state index contributed by atoms with van der Waals surface area (Å²) in [5.41, 5.74) is 1.32. The molecule has 0 unspecified atom stereocenters. The zero-order valence-corrected chi connectivity index (χ0v) is 15.5. The predicted molar refractivity (Wildman–Crippen MR) is 98.6 cm³/mol. The summed E-state index contributed by atoms with van der Waals surface area (Å²) < 4.78 is 12.3. The van der Waals surface area contributed by atoms with Crippen molar-refractivity contribution in [3.63, 3.8) is 0 Å². The highest BCUT2D eigenvalue weighted by molar-refractivity contribution is 9.10. The van der Waals surface area contributed by atoms with Crippen LogP contribution in [-0.2, 0) is 9.53 Å². The highest BCUT2D eigenvalue weighted by atomic mass is 79.9. The highest BCUT2D eigenvalue weighted by Crippen LogP contribution is 2.38. The molecule has 0 saturated heterocycles. The lowest BCUT2D eigenvalue weighted by Crippen LogP contribution is -2.04. The van der Waals surface area contributed by atoms with E-state index in [-0.39, 0.29) is 11.6 Å². The van der Waals surface area contributed by atoms with E-state index >= 15 is 0 Å². The molecule has 3 heterocycles. The Balaban J connectivity index is 1.77. The quantitative estimate of drug-likeness (QED) is 0.401. The van der Waals surface area contributed by atoms with Gasteiger partial charge in [0.15, 0.2) is 10.4 Å². The van der Waals surface area contributed by atoms with Gasteiger partial charge in [-0.3, -0.25) is 0 Å². The third-order valence-corrected chi connectivity index (χ3v) is 5.54. The molecule has 4 rings (SSSR count). The number of thiophene rings is 1. The summed E-state index contributed by atoms with van der Waals surface area (Å²) in [5.74, 6) is 0.208. The maximum Gasteiger partial charge on any atom is 0.363 e. The third-order valence-electron chi connectivity index (χ3n) is 3.47. The molecule has 0 fully saturated rings. The van der Waals surface area contributed by atoms with Gasteiger partial charge in [0.05, 0.1) is 5.02 Å². The second-order valence-corrected chi connectivity index (χ2v) is 7.43. The number of furan rings is 1. The Hall–Kier alpha value is -1.89. The van der Waals surface area contributed by atoms with Crippen LogP contribution in [0.15, 0.2) is 50.1 Å². The number of nitrogens with zero attached hydrogens (tertiary/aromatic N) is 1. The number of hydrogen-bond donors (Lipinski definition) is 0. The van der Waals surface area contributed by atoms with Gasteiger partial charge in [-0.25, -0.2) is 9.79 Å². The molecule has 1 aromatic carbocycles. The van der Waals surface area contributed by atoms with E-state index in [1.165, 1.54) is 17.4 Å². The molecule has 0 atom stereocenters. The molecular weight excluding hydrogens is 414 g/mol. The van der Waals surface area contributed by atoms with Crippen molar-refractivity contribution in [1.29, 1.82) is 0 Å². The Kier molecular flexibility index (Phi) is 3.83. The van der Waals surface area contributed by atoms with Crippen molar-refractivity contribution in [2.45, 2.75) is 6.92 Å². The van der Waals surface area contributed by atoms with Crippen molar-refractivity contribution in [3.05, 3.63) is 61.9 Å². The fraction of sp³-hybridized carbons (Fsp3) is 0.0588. The molecule has 120 valence electrons. The molecule has 1 aliphatic heterocycles. The number of carbonyl (C=O) groups excluding carboxylic acids is 1. The summed E-state index contributed by atoms with van der Waals surface area (Å²) in [7, 11) is 0. The first kappa shape index (κ1) is 15.6. The smallest absolute Gasteiger partial charge is 0.363 e. The van der Waals surface area contributed by atoms with Crippen molar-refractivity contribution < 1.29 is 13.9 Å². The van der Waals surface area contributed by atoms with Crippen LogP contribution in [0.5, 0.6) is 0 Å². The fourth-order valence-corrected chi connectivity index (χ4v) is 4.21. The lowest BCUT2D eigenvalue weighted by Gasteiger charge is -1.95. The largest absolute Gasteiger partial charge is 0.450 e. The first-order valence-electron chi connectivity index (χ1n) is 6.98. The second kappa shape index (κ2) is 5.88. The number of benzene rings is 1. The van der Waals surface area contributed by atoms with Crippen LogP contribution in [0.4, 0.5) is 0 Å². The van der Waals surface area contributed by atoms with Crippen molar-refractivity contribution in [2.75, 3.05) is 0 Å². The van der Waals surface area contributed by atoms with Gasteiger partial charge >= 0.3 is 5.97 Å². The minimum absolute atomic E-state index is 0.177. The lowest BCUT2D eigenvalue weighted by molar-refractivity contribution is -0.129. The fourth-order valence-electron chi connectivity index (χ4n) is 2.36. The summed E-state index contributed by atoms with van der Waals surface area (Å²) >= 11 is 11.1.